The zero-order chi connectivity index (χ0) is 16.8. The molecular weight excluding hydrogens is 298 g/mol. The lowest BCUT2D eigenvalue weighted by atomic mass is 10.1. The molecule has 3 aromatic rings. The van der Waals surface area contributed by atoms with Gasteiger partial charge in [0.1, 0.15) is 0 Å². The number of pyridine rings is 1. The third-order valence-corrected chi connectivity index (χ3v) is 3.82. The van der Waals surface area contributed by atoms with E-state index in [1.54, 1.807) is 24.5 Å². The molecule has 2 aromatic carbocycles. The summed E-state index contributed by atoms with van der Waals surface area (Å²) in [4.78, 5) is 16.3. The summed E-state index contributed by atoms with van der Waals surface area (Å²) in [6, 6.07) is 19.2. The molecule has 0 fully saturated rings. The molecule has 1 aromatic heterocycles. The van der Waals surface area contributed by atoms with Gasteiger partial charge < -0.3 is 11.1 Å². The van der Waals surface area contributed by atoms with Gasteiger partial charge in [0.25, 0.3) is 5.91 Å². The molecule has 0 atom stereocenters. The second-order valence-electron chi connectivity index (χ2n) is 5.58. The molecule has 3 rings (SSSR count). The standard InChI is InChI=1S/C20H19N3O/c21-14-17-1-5-18(6-2-17)20(24)23-19-7-3-15(4-8-19)13-16-9-11-22-12-10-16/h1-12H,13-14,21H2,(H,23,24). The number of carbonyl (C=O) groups excluding carboxylic acids is 1. The SMILES string of the molecule is NCc1ccc(C(=O)Nc2ccc(Cc3ccncc3)cc2)cc1. The van der Waals surface area contributed by atoms with Crippen LogP contribution in [0.3, 0.4) is 0 Å². The summed E-state index contributed by atoms with van der Waals surface area (Å²) < 4.78 is 0. The smallest absolute Gasteiger partial charge is 0.255 e. The quantitative estimate of drug-likeness (QED) is 0.758. The van der Waals surface area contributed by atoms with Crippen molar-refractivity contribution < 1.29 is 4.79 Å². The van der Waals surface area contributed by atoms with Crippen LogP contribution >= 0.6 is 0 Å². The van der Waals surface area contributed by atoms with Crippen molar-refractivity contribution in [2.45, 2.75) is 13.0 Å². The average Bonchev–Trinajstić information content (AvgIpc) is 2.64. The maximum Gasteiger partial charge on any atom is 0.255 e. The summed E-state index contributed by atoms with van der Waals surface area (Å²) in [6.07, 6.45) is 4.43. The lowest BCUT2D eigenvalue weighted by Crippen LogP contribution is -2.12. The molecule has 0 saturated heterocycles. The fourth-order valence-corrected chi connectivity index (χ4v) is 2.44. The highest BCUT2D eigenvalue weighted by molar-refractivity contribution is 6.04. The van der Waals surface area contributed by atoms with Crippen LogP contribution in [0.2, 0.25) is 0 Å². The molecular formula is C20H19N3O. The molecule has 120 valence electrons. The van der Waals surface area contributed by atoms with Crippen LogP contribution in [-0.4, -0.2) is 10.9 Å². The summed E-state index contributed by atoms with van der Waals surface area (Å²) in [6.45, 7) is 0.473. The van der Waals surface area contributed by atoms with Crippen molar-refractivity contribution in [2.75, 3.05) is 5.32 Å². The van der Waals surface area contributed by atoms with Gasteiger partial charge in [0.15, 0.2) is 0 Å². The summed E-state index contributed by atoms with van der Waals surface area (Å²) in [5.74, 6) is -0.125. The molecule has 0 unspecified atom stereocenters. The molecule has 0 saturated carbocycles. The first-order chi connectivity index (χ1) is 11.7. The Hall–Kier alpha value is -2.98. The summed E-state index contributed by atoms with van der Waals surface area (Å²) >= 11 is 0. The first-order valence-electron chi connectivity index (χ1n) is 7.83. The zero-order valence-corrected chi connectivity index (χ0v) is 13.3. The molecule has 0 bridgehead atoms. The number of nitrogens with two attached hydrogens (primary N) is 1. The Morgan fingerprint density at radius 1 is 0.833 bits per heavy atom. The number of carbonyl (C=O) groups is 1. The highest BCUT2D eigenvalue weighted by atomic mass is 16.1. The number of nitrogens with one attached hydrogen (secondary N) is 1. The number of aromatic nitrogens is 1. The molecule has 0 radical (unpaired) electrons. The van der Waals surface area contributed by atoms with E-state index in [0.29, 0.717) is 12.1 Å². The largest absolute Gasteiger partial charge is 0.326 e. The van der Waals surface area contributed by atoms with Crippen LogP contribution in [0.25, 0.3) is 0 Å². The average molecular weight is 317 g/mol. The van der Waals surface area contributed by atoms with Crippen LogP contribution in [0.1, 0.15) is 27.0 Å². The van der Waals surface area contributed by atoms with Crippen LogP contribution in [0.5, 0.6) is 0 Å². The van der Waals surface area contributed by atoms with E-state index in [9.17, 15) is 4.79 Å². The Balaban J connectivity index is 1.64. The minimum absolute atomic E-state index is 0.125. The summed E-state index contributed by atoms with van der Waals surface area (Å²) in [7, 11) is 0. The van der Waals surface area contributed by atoms with Crippen LogP contribution < -0.4 is 11.1 Å². The van der Waals surface area contributed by atoms with Crippen molar-refractivity contribution >= 4 is 11.6 Å². The summed E-state index contributed by atoms with van der Waals surface area (Å²) in [5, 5.41) is 2.91. The van der Waals surface area contributed by atoms with Gasteiger partial charge in [-0.1, -0.05) is 24.3 Å². The Kier molecular flexibility index (Phi) is 4.99. The second kappa shape index (κ2) is 7.53. The normalized spacial score (nSPS) is 10.4. The molecule has 0 aliphatic heterocycles. The van der Waals surface area contributed by atoms with Gasteiger partial charge in [-0.3, -0.25) is 9.78 Å². The number of amides is 1. The van der Waals surface area contributed by atoms with E-state index >= 15 is 0 Å². The molecule has 1 amide bonds. The van der Waals surface area contributed by atoms with Gasteiger partial charge in [-0.15, -0.1) is 0 Å². The van der Waals surface area contributed by atoms with Gasteiger partial charge in [-0.2, -0.15) is 0 Å². The third-order valence-electron chi connectivity index (χ3n) is 3.82. The van der Waals surface area contributed by atoms with E-state index in [0.717, 1.165) is 17.7 Å². The number of hydrogen-bond acceptors (Lipinski definition) is 3. The van der Waals surface area contributed by atoms with E-state index in [1.165, 1.54) is 11.1 Å². The van der Waals surface area contributed by atoms with Crippen molar-refractivity contribution in [3.63, 3.8) is 0 Å². The predicted molar refractivity (Wildman–Crippen MR) is 95.8 cm³/mol. The minimum atomic E-state index is -0.125. The Labute approximate surface area is 141 Å². The lowest BCUT2D eigenvalue weighted by Gasteiger charge is -2.07. The van der Waals surface area contributed by atoms with Crippen molar-refractivity contribution in [3.8, 4) is 0 Å². The van der Waals surface area contributed by atoms with E-state index in [-0.39, 0.29) is 5.91 Å². The molecule has 4 nitrogen and oxygen atoms in total. The van der Waals surface area contributed by atoms with Gasteiger partial charge in [0.2, 0.25) is 0 Å². The second-order valence-corrected chi connectivity index (χ2v) is 5.58. The first kappa shape index (κ1) is 15.9. The predicted octanol–water partition coefficient (Wildman–Crippen LogP) is 3.38. The van der Waals surface area contributed by atoms with Gasteiger partial charge >= 0.3 is 0 Å². The van der Waals surface area contributed by atoms with Crippen LogP contribution in [-0.2, 0) is 13.0 Å². The lowest BCUT2D eigenvalue weighted by molar-refractivity contribution is 0.102. The Morgan fingerprint density at radius 3 is 2.04 bits per heavy atom. The Morgan fingerprint density at radius 2 is 1.42 bits per heavy atom. The van der Waals surface area contributed by atoms with E-state index in [1.807, 2.05) is 48.5 Å². The first-order valence-corrected chi connectivity index (χ1v) is 7.83. The van der Waals surface area contributed by atoms with Crippen LogP contribution in [0.15, 0.2) is 73.1 Å². The Bertz CT molecular complexity index is 797. The van der Waals surface area contributed by atoms with Crippen LogP contribution in [0, 0.1) is 0 Å². The number of nitrogens with zero attached hydrogens (tertiary/aromatic N) is 1. The number of rotatable bonds is 5. The highest BCUT2D eigenvalue weighted by Crippen LogP contribution is 2.14. The molecule has 0 aliphatic rings. The van der Waals surface area contributed by atoms with Crippen molar-refractivity contribution in [1.82, 2.24) is 4.98 Å². The van der Waals surface area contributed by atoms with Crippen LogP contribution in [0.4, 0.5) is 5.69 Å². The topological polar surface area (TPSA) is 68.0 Å². The molecule has 0 aliphatic carbocycles. The fourth-order valence-electron chi connectivity index (χ4n) is 2.44. The van der Waals surface area contributed by atoms with Crippen molar-refractivity contribution in [3.05, 3.63) is 95.3 Å². The van der Waals surface area contributed by atoms with Crippen molar-refractivity contribution in [1.29, 1.82) is 0 Å². The maximum absolute atomic E-state index is 12.2. The van der Waals surface area contributed by atoms with Gasteiger partial charge in [0, 0.05) is 30.2 Å². The number of benzene rings is 2. The number of hydrogen-bond donors (Lipinski definition) is 2. The van der Waals surface area contributed by atoms with E-state index < -0.39 is 0 Å². The van der Waals surface area contributed by atoms with Gasteiger partial charge in [-0.05, 0) is 59.5 Å². The molecule has 24 heavy (non-hydrogen) atoms. The van der Waals surface area contributed by atoms with Crippen molar-refractivity contribution in [2.24, 2.45) is 5.73 Å². The number of anilines is 1. The van der Waals surface area contributed by atoms with Gasteiger partial charge in [-0.25, -0.2) is 0 Å². The monoisotopic (exact) mass is 317 g/mol. The third kappa shape index (κ3) is 4.06. The molecule has 3 N–H and O–H groups in total. The van der Waals surface area contributed by atoms with E-state index in [2.05, 4.69) is 10.3 Å². The molecule has 4 heteroatoms. The van der Waals surface area contributed by atoms with E-state index in [4.69, 9.17) is 5.73 Å². The molecule has 1 heterocycles. The summed E-state index contributed by atoms with van der Waals surface area (Å²) in [5.41, 5.74) is 10.4. The minimum Gasteiger partial charge on any atom is -0.326 e. The maximum atomic E-state index is 12.2. The fraction of sp³-hybridized carbons (Fsp3) is 0.100. The highest BCUT2D eigenvalue weighted by Gasteiger charge is 2.06. The van der Waals surface area contributed by atoms with Gasteiger partial charge in [0.05, 0.1) is 0 Å². The molecule has 0 spiro atoms. The zero-order valence-electron chi connectivity index (χ0n) is 13.3.